The van der Waals surface area contributed by atoms with Gasteiger partial charge in [-0.15, -0.1) is 0 Å². The van der Waals surface area contributed by atoms with Gasteiger partial charge in [-0.2, -0.15) is 0 Å². The molecule has 0 bridgehead atoms. The largest absolute Gasteiger partial charge is 0.298 e. The molecule has 1 saturated heterocycles. The van der Waals surface area contributed by atoms with Gasteiger partial charge in [-0.25, -0.2) is 0 Å². The maximum absolute atomic E-state index is 11.5. The minimum atomic E-state index is 0.0133. The van der Waals surface area contributed by atoms with Crippen molar-refractivity contribution in [2.75, 3.05) is 6.54 Å². The number of aryl methyl sites for hydroxylation is 1. The molecular weight excluding hydrogens is 198 g/mol. The van der Waals surface area contributed by atoms with Crippen molar-refractivity contribution in [3.8, 4) is 0 Å². The maximum atomic E-state index is 11.5. The Balaban J connectivity index is 2.17. The van der Waals surface area contributed by atoms with Crippen LogP contribution in [0.5, 0.6) is 0 Å². The fourth-order valence-electron chi connectivity index (χ4n) is 2.34. The van der Waals surface area contributed by atoms with Crippen molar-refractivity contribution in [3.05, 3.63) is 35.4 Å². The van der Waals surface area contributed by atoms with E-state index in [-0.39, 0.29) is 5.54 Å². The normalized spacial score (nSPS) is 20.3. The Kier molecular flexibility index (Phi) is 2.85. The van der Waals surface area contributed by atoms with Gasteiger partial charge in [-0.1, -0.05) is 24.3 Å². The van der Waals surface area contributed by atoms with Crippen LogP contribution in [0, 0.1) is 6.92 Å². The number of benzene rings is 1. The van der Waals surface area contributed by atoms with Gasteiger partial charge in [0.15, 0.2) is 0 Å². The Morgan fingerprint density at radius 3 is 2.56 bits per heavy atom. The smallest absolute Gasteiger partial charge is 0.148 e. The maximum Gasteiger partial charge on any atom is 0.148 e. The van der Waals surface area contributed by atoms with Crippen molar-refractivity contribution in [1.82, 2.24) is 4.90 Å². The molecule has 0 atom stereocenters. The Labute approximate surface area is 97.3 Å². The van der Waals surface area contributed by atoms with Gasteiger partial charge in [0.05, 0.1) is 6.54 Å². The fraction of sp³-hybridized carbons (Fsp3) is 0.500. The van der Waals surface area contributed by atoms with Gasteiger partial charge in [-0.3, -0.25) is 9.69 Å². The highest BCUT2D eigenvalue weighted by Gasteiger charge is 2.37. The van der Waals surface area contributed by atoms with Gasteiger partial charge in [0, 0.05) is 18.5 Å². The van der Waals surface area contributed by atoms with Crippen molar-refractivity contribution < 1.29 is 4.79 Å². The van der Waals surface area contributed by atoms with E-state index in [4.69, 9.17) is 0 Å². The van der Waals surface area contributed by atoms with Crippen LogP contribution < -0.4 is 0 Å². The van der Waals surface area contributed by atoms with Gasteiger partial charge in [0.2, 0.25) is 0 Å². The molecule has 0 saturated carbocycles. The summed E-state index contributed by atoms with van der Waals surface area (Å²) in [4.78, 5) is 13.8. The zero-order valence-corrected chi connectivity index (χ0v) is 10.3. The predicted octanol–water partition coefficient (Wildman–Crippen LogP) is 2.55. The molecule has 1 aromatic rings. The molecule has 2 nitrogen and oxygen atoms in total. The number of hydrogen-bond acceptors (Lipinski definition) is 2. The number of Topliss-reactive ketones (excluding diaryl/α,β-unsaturated/α-hetero) is 1. The summed E-state index contributed by atoms with van der Waals surface area (Å²) < 4.78 is 0. The third kappa shape index (κ3) is 2.17. The summed E-state index contributed by atoms with van der Waals surface area (Å²) >= 11 is 0. The highest BCUT2D eigenvalue weighted by Crippen LogP contribution is 2.28. The SMILES string of the molecule is Cc1ccccc1CN1CC(=O)CC1(C)C. The van der Waals surface area contributed by atoms with Crippen LogP contribution >= 0.6 is 0 Å². The number of nitrogens with zero attached hydrogens (tertiary/aromatic N) is 1. The zero-order valence-electron chi connectivity index (χ0n) is 10.3. The molecule has 0 radical (unpaired) electrons. The topological polar surface area (TPSA) is 20.3 Å². The monoisotopic (exact) mass is 217 g/mol. The number of ketones is 1. The van der Waals surface area contributed by atoms with E-state index in [1.165, 1.54) is 11.1 Å². The van der Waals surface area contributed by atoms with E-state index in [9.17, 15) is 4.79 Å². The highest BCUT2D eigenvalue weighted by atomic mass is 16.1. The minimum Gasteiger partial charge on any atom is -0.298 e. The average Bonchev–Trinajstić information content (AvgIpc) is 2.43. The Morgan fingerprint density at radius 2 is 2.00 bits per heavy atom. The van der Waals surface area contributed by atoms with Crippen LogP contribution in [0.15, 0.2) is 24.3 Å². The van der Waals surface area contributed by atoms with E-state index in [1.54, 1.807) is 0 Å². The van der Waals surface area contributed by atoms with Crippen LogP contribution in [0.1, 0.15) is 31.4 Å². The number of likely N-dealkylation sites (tertiary alicyclic amines) is 1. The number of carbonyl (C=O) groups excluding carboxylic acids is 1. The van der Waals surface area contributed by atoms with Crippen molar-refractivity contribution in [2.24, 2.45) is 0 Å². The van der Waals surface area contributed by atoms with Crippen LogP contribution in [0.3, 0.4) is 0 Å². The van der Waals surface area contributed by atoms with Crippen LogP contribution in [0.2, 0.25) is 0 Å². The third-order valence-electron chi connectivity index (χ3n) is 3.48. The van der Waals surface area contributed by atoms with Crippen LogP contribution in [0.25, 0.3) is 0 Å². The summed E-state index contributed by atoms with van der Waals surface area (Å²) in [5.41, 5.74) is 2.64. The second kappa shape index (κ2) is 4.02. The summed E-state index contributed by atoms with van der Waals surface area (Å²) in [6.07, 6.45) is 0.679. The molecule has 16 heavy (non-hydrogen) atoms. The van der Waals surface area contributed by atoms with E-state index in [0.717, 1.165) is 6.54 Å². The second-order valence-electron chi connectivity index (χ2n) is 5.31. The number of hydrogen-bond donors (Lipinski definition) is 0. The van der Waals surface area contributed by atoms with E-state index < -0.39 is 0 Å². The standard InChI is InChI=1S/C14H19NO/c1-11-6-4-5-7-12(11)9-15-10-13(16)8-14(15,2)3/h4-7H,8-10H2,1-3H3. The Morgan fingerprint density at radius 1 is 1.31 bits per heavy atom. The first-order chi connectivity index (χ1) is 7.49. The lowest BCUT2D eigenvalue weighted by Gasteiger charge is -2.30. The molecule has 1 aliphatic heterocycles. The molecule has 1 fully saturated rings. The van der Waals surface area contributed by atoms with Gasteiger partial charge in [0.1, 0.15) is 5.78 Å². The molecule has 86 valence electrons. The van der Waals surface area contributed by atoms with Crippen LogP contribution in [-0.2, 0) is 11.3 Å². The molecule has 1 heterocycles. The summed E-state index contributed by atoms with van der Waals surface area (Å²) in [6.45, 7) is 7.90. The van der Waals surface area contributed by atoms with Crippen LogP contribution in [0.4, 0.5) is 0 Å². The van der Waals surface area contributed by atoms with Gasteiger partial charge >= 0.3 is 0 Å². The summed E-state index contributed by atoms with van der Waals surface area (Å²) in [5, 5.41) is 0. The first-order valence-electron chi connectivity index (χ1n) is 5.80. The molecule has 0 aliphatic carbocycles. The van der Waals surface area contributed by atoms with Gasteiger partial charge in [0.25, 0.3) is 0 Å². The number of carbonyl (C=O) groups is 1. The lowest BCUT2D eigenvalue weighted by molar-refractivity contribution is -0.117. The lowest BCUT2D eigenvalue weighted by atomic mass is 10.0. The molecule has 0 amide bonds. The lowest BCUT2D eigenvalue weighted by Crippen LogP contribution is -2.37. The summed E-state index contributed by atoms with van der Waals surface area (Å²) in [6, 6.07) is 8.39. The molecule has 2 rings (SSSR count). The first kappa shape index (κ1) is 11.3. The molecular formula is C14H19NO. The molecule has 2 heteroatoms. The minimum absolute atomic E-state index is 0.0133. The predicted molar refractivity (Wildman–Crippen MR) is 65.3 cm³/mol. The second-order valence-corrected chi connectivity index (χ2v) is 5.31. The quantitative estimate of drug-likeness (QED) is 0.758. The summed E-state index contributed by atoms with van der Waals surface area (Å²) in [5.74, 6) is 0.360. The van der Waals surface area contributed by atoms with Crippen molar-refractivity contribution in [3.63, 3.8) is 0 Å². The number of rotatable bonds is 2. The first-order valence-corrected chi connectivity index (χ1v) is 5.80. The van der Waals surface area contributed by atoms with Crippen molar-refractivity contribution in [1.29, 1.82) is 0 Å². The molecule has 0 unspecified atom stereocenters. The van der Waals surface area contributed by atoms with E-state index in [2.05, 4.69) is 49.9 Å². The van der Waals surface area contributed by atoms with E-state index >= 15 is 0 Å². The average molecular weight is 217 g/mol. The van der Waals surface area contributed by atoms with Crippen molar-refractivity contribution >= 4 is 5.78 Å². The third-order valence-corrected chi connectivity index (χ3v) is 3.48. The van der Waals surface area contributed by atoms with E-state index in [0.29, 0.717) is 18.7 Å². The van der Waals surface area contributed by atoms with Crippen LogP contribution in [-0.4, -0.2) is 22.8 Å². The molecule has 1 aromatic carbocycles. The zero-order chi connectivity index (χ0) is 11.8. The summed E-state index contributed by atoms with van der Waals surface area (Å²) in [7, 11) is 0. The Bertz CT molecular complexity index is 409. The molecule has 1 aliphatic rings. The highest BCUT2D eigenvalue weighted by molar-refractivity contribution is 5.84. The molecule has 0 N–H and O–H groups in total. The van der Waals surface area contributed by atoms with Crippen molar-refractivity contribution in [2.45, 2.75) is 39.3 Å². The molecule has 0 aromatic heterocycles. The van der Waals surface area contributed by atoms with E-state index in [1.807, 2.05) is 0 Å². The Hall–Kier alpha value is -1.15. The molecule has 0 spiro atoms. The van der Waals surface area contributed by atoms with Gasteiger partial charge in [-0.05, 0) is 31.9 Å². The van der Waals surface area contributed by atoms with Gasteiger partial charge < -0.3 is 0 Å². The fourth-order valence-corrected chi connectivity index (χ4v) is 2.34.